The van der Waals surface area contributed by atoms with E-state index in [1.54, 1.807) is 0 Å². The van der Waals surface area contributed by atoms with Crippen LogP contribution >= 0.6 is 0 Å². The van der Waals surface area contributed by atoms with E-state index in [9.17, 15) is 0 Å². The molecule has 0 amide bonds. The Balaban J connectivity index is 1.71. The number of fused-ring (bicyclic) bond motifs is 1. The van der Waals surface area contributed by atoms with Gasteiger partial charge < -0.3 is 4.74 Å². The molecule has 128 valence electrons. The van der Waals surface area contributed by atoms with E-state index in [2.05, 4.69) is 74.1 Å². The van der Waals surface area contributed by atoms with Crippen LogP contribution in [0.4, 0.5) is 0 Å². The first-order valence-corrected chi connectivity index (χ1v) is 8.81. The minimum absolute atomic E-state index is 0.283. The lowest BCUT2D eigenvalue weighted by molar-refractivity contribution is -0.742. The number of hydrogen-bond donors (Lipinski definition) is 0. The van der Waals surface area contributed by atoms with Crippen molar-refractivity contribution < 1.29 is 9.30 Å². The van der Waals surface area contributed by atoms with Crippen molar-refractivity contribution in [3.05, 3.63) is 76.9 Å². The average Bonchev–Trinajstić information content (AvgIpc) is 2.99. The molecular weight excluding hydrogens is 310 g/mol. The molecule has 0 saturated heterocycles. The molecule has 1 aromatic heterocycles. The lowest BCUT2D eigenvalue weighted by Crippen LogP contribution is -2.48. The van der Waals surface area contributed by atoms with Gasteiger partial charge in [-0.2, -0.15) is 0 Å². The van der Waals surface area contributed by atoms with E-state index in [-0.39, 0.29) is 6.04 Å². The second-order valence-corrected chi connectivity index (χ2v) is 6.99. The van der Waals surface area contributed by atoms with Crippen LogP contribution in [0.5, 0.6) is 0 Å². The quantitative estimate of drug-likeness (QED) is 0.688. The number of hydrogen-bond acceptors (Lipinski definition) is 2. The summed E-state index contributed by atoms with van der Waals surface area (Å²) in [5, 5.41) is 4.82. The van der Waals surface area contributed by atoms with Crippen LogP contribution < -0.4 is 4.57 Å². The zero-order valence-electron chi connectivity index (χ0n) is 15.1. The summed E-state index contributed by atoms with van der Waals surface area (Å²) in [6.45, 7) is 7.74. The Labute approximate surface area is 148 Å². The molecule has 0 radical (unpaired) electrons. The van der Waals surface area contributed by atoms with Gasteiger partial charge in [-0.3, -0.25) is 0 Å². The molecule has 0 saturated carbocycles. The minimum atomic E-state index is 0.283. The molecule has 4 nitrogen and oxygen atoms in total. The second-order valence-electron chi connectivity index (χ2n) is 6.99. The third kappa shape index (κ3) is 3.10. The van der Waals surface area contributed by atoms with Gasteiger partial charge in [-0.25, -0.2) is 4.57 Å². The summed E-state index contributed by atoms with van der Waals surface area (Å²) in [5.41, 5.74) is 6.28. The molecule has 0 fully saturated rings. The molecule has 1 aliphatic rings. The molecule has 0 bridgehead atoms. The van der Waals surface area contributed by atoms with E-state index >= 15 is 0 Å². The van der Waals surface area contributed by atoms with Crippen LogP contribution in [0.1, 0.15) is 34.1 Å². The lowest BCUT2D eigenvalue weighted by Gasteiger charge is -2.19. The number of rotatable bonds is 3. The van der Waals surface area contributed by atoms with Crippen LogP contribution in [0.3, 0.4) is 0 Å². The molecule has 0 N–H and O–H groups in total. The summed E-state index contributed by atoms with van der Waals surface area (Å²) in [5.74, 6) is 0.992. The third-order valence-electron chi connectivity index (χ3n) is 4.87. The molecular formula is C21H24N3O+. The molecule has 0 spiro atoms. The van der Waals surface area contributed by atoms with Gasteiger partial charge in [-0.05, 0) is 37.5 Å². The van der Waals surface area contributed by atoms with Crippen molar-refractivity contribution in [2.75, 3.05) is 6.61 Å². The fraction of sp³-hybridized carbons (Fsp3) is 0.333. The van der Waals surface area contributed by atoms with Gasteiger partial charge >= 0.3 is 5.82 Å². The Hall–Kier alpha value is -2.46. The minimum Gasteiger partial charge on any atom is -0.367 e. The van der Waals surface area contributed by atoms with Crippen LogP contribution in [0.15, 0.2) is 48.8 Å². The molecule has 2 aromatic carbocycles. The summed E-state index contributed by atoms with van der Waals surface area (Å²) >= 11 is 0. The second kappa shape index (κ2) is 6.45. The summed E-state index contributed by atoms with van der Waals surface area (Å²) in [4.78, 5) is 0. The monoisotopic (exact) mass is 334 g/mol. The van der Waals surface area contributed by atoms with E-state index in [0.29, 0.717) is 6.61 Å². The van der Waals surface area contributed by atoms with Gasteiger partial charge in [-0.15, -0.1) is 0 Å². The van der Waals surface area contributed by atoms with Crippen LogP contribution in [-0.4, -0.2) is 16.4 Å². The summed E-state index contributed by atoms with van der Waals surface area (Å²) in [7, 11) is 0. The third-order valence-corrected chi connectivity index (χ3v) is 4.87. The molecule has 2 heterocycles. The standard InChI is InChI=1S/C21H24N3O/c1-15-9-16(2)21(17(3)10-15)24-14-23-19(12-25-13-20(23)22-24)11-18-7-5-4-6-8-18/h4-10,14,19H,11-13H2,1-3H3/q+1/t19-/m0/s1. The summed E-state index contributed by atoms with van der Waals surface area (Å²) in [6.07, 6.45) is 3.09. The van der Waals surface area contributed by atoms with Gasteiger partial charge in [-0.1, -0.05) is 52.7 Å². The molecule has 1 atom stereocenters. The first kappa shape index (κ1) is 16.0. The normalized spacial score (nSPS) is 16.7. The molecule has 1 aliphatic heterocycles. The first-order valence-electron chi connectivity index (χ1n) is 8.81. The van der Waals surface area contributed by atoms with Crippen LogP contribution in [0, 0.1) is 20.8 Å². The van der Waals surface area contributed by atoms with E-state index in [4.69, 9.17) is 9.84 Å². The highest BCUT2D eigenvalue weighted by atomic mass is 16.5. The van der Waals surface area contributed by atoms with Gasteiger partial charge in [0.15, 0.2) is 0 Å². The van der Waals surface area contributed by atoms with Gasteiger partial charge in [0.05, 0.1) is 6.61 Å². The van der Waals surface area contributed by atoms with Crippen LogP contribution in [0.2, 0.25) is 0 Å². The van der Waals surface area contributed by atoms with Gasteiger partial charge in [0.2, 0.25) is 6.33 Å². The Bertz CT molecular complexity index is 876. The van der Waals surface area contributed by atoms with E-state index in [1.165, 1.54) is 27.9 Å². The highest BCUT2D eigenvalue weighted by molar-refractivity contribution is 5.48. The Morgan fingerprint density at radius 3 is 2.56 bits per heavy atom. The largest absolute Gasteiger partial charge is 0.367 e. The fourth-order valence-electron chi connectivity index (χ4n) is 3.85. The van der Waals surface area contributed by atoms with E-state index in [0.717, 1.165) is 18.9 Å². The van der Waals surface area contributed by atoms with Gasteiger partial charge in [0.25, 0.3) is 0 Å². The van der Waals surface area contributed by atoms with Crippen molar-refractivity contribution in [2.24, 2.45) is 0 Å². The Kier molecular flexibility index (Phi) is 4.14. The van der Waals surface area contributed by atoms with Crippen molar-refractivity contribution in [2.45, 2.75) is 39.8 Å². The SMILES string of the molecule is Cc1cc(C)c(-n2c[n+]3c(n2)COC[C@@H]3Cc2ccccc2)c(C)c1. The maximum Gasteiger partial charge on any atom is 0.304 e. The zero-order valence-corrected chi connectivity index (χ0v) is 15.1. The number of aryl methyl sites for hydroxylation is 3. The van der Waals surface area contributed by atoms with Crippen molar-refractivity contribution >= 4 is 0 Å². The molecule has 3 aromatic rings. The number of ether oxygens (including phenoxy) is 1. The predicted molar refractivity (Wildman–Crippen MR) is 96.8 cm³/mol. The van der Waals surface area contributed by atoms with Crippen molar-refractivity contribution in [1.82, 2.24) is 9.78 Å². The number of benzene rings is 2. The Morgan fingerprint density at radius 1 is 1.12 bits per heavy atom. The Morgan fingerprint density at radius 2 is 1.84 bits per heavy atom. The molecule has 4 rings (SSSR count). The van der Waals surface area contributed by atoms with Crippen LogP contribution in [0.25, 0.3) is 5.69 Å². The predicted octanol–water partition coefficient (Wildman–Crippen LogP) is 3.40. The van der Waals surface area contributed by atoms with Gasteiger partial charge in [0.1, 0.15) is 18.3 Å². The highest BCUT2D eigenvalue weighted by Crippen LogP contribution is 2.21. The topological polar surface area (TPSA) is 30.9 Å². The first-order chi connectivity index (χ1) is 12.1. The highest BCUT2D eigenvalue weighted by Gasteiger charge is 2.30. The van der Waals surface area contributed by atoms with Crippen molar-refractivity contribution in [3.63, 3.8) is 0 Å². The van der Waals surface area contributed by atoms with Crippen LogP contribution in [-0.2, 0) is 17.8 Å². The molecule has 4 heteroatoms. The average molecular weight is 334 g/mol. The van der Waals surface area contributed by atoms with Crippen molar-refractivity contribution in [3.8, 4) is 5.69 Å². The zero-order chi connectivity index (χ0) is 17.4. The fourth-order valence-corrected chi connectivity index (χ4v) is 3.85. The maximum atomic E-state index is 5.81. The summed E-state index contributed by atoms with van der Waals surface area (Å²) in [6, 6.07) is 15.3. The molecule has 0 aliphatic carbocycles. The van der Waals surface area contributed by atoms with Gasteiger partial charge in [0, 0.05) is 11.5 Å². The summed E-state index contributed by atoms with van der Waals surface area (Å²) < 4.78 is 10.1. The van der Waals surface area contributed by atoms with E-state index in [1.807, 2.05) is 4.68 Å². The molecule has 0 unspecified atom stereocenters. The van der Waals surface area contributed by atoms with Crippen molar-refractivity contribution in [1.29, 1.82) is 0 Å². The van der Waals surface area contributed by atoms with E-state index < -0.39 is 0 Å². The number of aromatic nitrogens is 3. The maximum absolute atomic E-state index is 5.81. The number of nitrogens with zero attached hydrogens (tertiary/aromatic N) is 3. The molecule has 25 heavy (non-hydrogen) atoms. The smallest absolute Gasteiger partial charge is 0.304 e. The lowest BCUT2D eigenvalue weighted by atomic mass is 10.1.